The van der Waals surface area contributed by atoms with Crippen LogP contribution in [0, 0.1) is 12.7 Å². The van der Waals surface area contributed by atoms with Gasteiger partial charge in [0.15, 0.2) is 5.82 Å². The van der Waals surface area contributed by atoms with Gasteiger partial charge in [0.25, 0.3) is 5.91 Å². The first-order valence-corrected chi connectivity index (χ1v) is 9.32. The van der Waals surface area contributed by atoms with Crippen LogP contribution in [0.3, 0.4) is 0 Å². The molecule has 0 bridgehead atoms. The number of carbonyl (C=O) groups excluding carboxylic acids is 1. The fraction of sp³-hybridized carbons (Fsp3) is 0.0417. The lowest BCUT2D eigenvalue weighted by atomic mass is 10.2. The molecule has 1 amide bonds. The van der Waals surface area contributed by atoms with Crippen LogP contribution in [0.15, 0.2) is 85.1 Å². The molecule has 0 saturated carbocycles. The summed E-state index contributed by atoms with van der Waals surface area (Å²) >= 11 is 0. The van der Waals surface area contributed by atoms with E-state index >= 15 is 0 Å². The van der Waals surface area contributed by atoms with Gasteiger partial charge in [0.2, 0.25) is 5.88 Å². The monoisotopic (exact) mass is 399 g/mol. The Morgan fingerprint density at radius 3 is 2.53 bits per heavy atom. The molecule has 0 aliphatic carbocycles. The Balaban J connectivity index is 1.46. The van der Waals surface area contributed by atoms with Gasteiger partial charge >= 0.3 is 0 Å². The highest BCUT2D eigenvalue weighted by atomic mass is 19.1. The average Bonchev–Trinajstić information content (AvgIpc) is 2.74. The molecule has 148 valence electrons. The third-order valence-corrected chi connectivity index (χ3v) is 4.33. The summed E-state index contributed by atoms with van der Waals surface area (Å²) in [6, 6.07) is 22.0. The van der Waals surface area contributed by atoms with Gasteiger partial charge in [0.1, 0.15) is 11.6 Å². The maximum absolute atomic E-state index is 13.4. The molecule has 6 heteroatoms. The molecule has 0 aliphatic rings. The normalized spacial score (nSPS) is 10.5. The van der Waals surface area contributed by atoms with E-state index in [1.54, 1.807) is 48.7 Å². The van der Waals surface area contributed by atoms with Gasteiger partial charge in [-0.2, -0.15) is 4.98 Å². The molecule has 4 rings (SSSR count). The van der Waals surface area contributed by atoms with Crippen LogP contribution in [0.1, 0.15) is 15.9 Å². The summed E-state index contributed by atoms with van der Waals surface area (Å²) in [4.78, 5) is 20.9. The summed E-state index contributed by atoms with van der Waals surface area (Å²) in [7, 11) is 0. The van der Waals surface area contributed by atoms with Gasteiger partial charge in [-0.25, -0.2) is 9.37 Å². The highest BCUT2D eigenvalue weighted by Crippen LogP contribution is 2.23. The number of benzene rings is 3. The number of nitrogens with zero attached hydrogens (tertiary/aromatic N) is 2. The number of aromatic nitrogens is 2. The lowest BCUT2D eigenvalue weighted by molar-refractivity contribution is 0.102. The molecule has 3 aromatic carbocycles. The third-order valence-electron chi connectivity index (χ3n) is 4.33. The SMILES string of the molecule is Cc1cccc(NC(=O)c2ccc(Oc3ccnc(-c4cccc(F)c4)n3)cc2)c1. The highest BCUT2D eigenvalue weighted by molar-refractivity contribution is 6.04. The average molecular weight is 399 g/mol. The summed E-state index contributed by atoms with van der Waals surface area (Å²) < 4.78 is 19.2. The number of aryl methyl sites for hydroxylation is 1. The number of halogens is 1. The summed E-state index contributed by atoms with van der Waals surface area (Å²) in [5.41, 5.74) is 2.88. The zero-order valence-electron chi connectivity index (χ0n) is 16.2. The third kappa shape index (κ3) is 4.67. The second-order valence-electron chi connectivity index (χ2n) is 6.68. The van der Waals surface area contributed by atoms with Crippen molar-refractivity contribution in [1.29, 1.82) is 0 Å². The van der Waals surface area contributed by atoms with Crippen molar-refractivity contribution in [1.82, 2.24) is 9.97 Å². The van der Waals surface area contributed by atoms with Crippen LogP contribution >= 0.6 is 0 Å². The smallest absolute Gasteiger partial charge is 0.255 e. The number of anilines is 1. The van der Waals surface area contributed by atoms with E-state index in [-0.39, 0.29) is 11.7 Å². The molecule has 0 radical (unpaired) electrons. The molecule has 0 fully saturated rings. The molecule has 5 nitrogen and oxygen atoms in total. The lowest BCUT2D eigenvalue weighted by Gasteiger charge is -2.08. The second kappa shape index (κ2) is 8.53. The van der Waals surface area contributed by atoms with E-state index in [1.165, 1.54) is 12.1 Å². The maximum Gasteiger partial charge on any atom is 0.255 e. The molecule has 30 heavy (non-hydrogen) atoms. The fourth-order valence-corrected chi connectivity index (χ4v) is 2.89. The van der Waals surface area contributed by atoms with E-state index < -0.39 is 0 Å². The Hall–Kier alpha value is -4.06. The zero-order valence-corrected chi connectivity index (χ0v) is 16.2. The van der Waals surface area contributed by atoms with Gasteiger partial charge < -0.3 is 10.1 Å². The van der Waals surface area contributed by atoms with Crippen LogP contribution in [0.4, 0.5) is 10.1 Å². The first-order valence-electron chi connectivity index (χ1n) is 9.32. The molecule has 0 saturated heterocycles. The van der Waals surface area contributed by atoms with E-state index in [0.29, 0.717) is 28.6 Å². The number of amides is 1. The van der Waals surface area contributed by atoms with Crippen molar-refractivity contribution in [2.24, 2.45) is 0 Å². The summed E-state index contributed by atoms with van der Waals surface area (Å²) in [6.07, 6.45) is 1.55. The fourth-order valence-electron chi connectivity index (χ4n) is 2.89. The van der Waals surface area contributed by atoms with Crippen molar-refractivity contribution in [3.63, 3.8) is 0 Å². The van der Waals surface area contributed by atoms with E-state index in [2.05, 4.69) is 15.3 Å². The molecule has 4 aromatic rings. The molecule has 0 spiro atoms. The van der Waals surface area contributed by atoms with E-state index in [4.69, 9.17) is 4.74 Å². The Morgan fingerprint density at radius 2 is 1.77 bits per heavy atom. The first kappa shape index (κ1) is 19.3. The predicted molar refractivity (Wildman–Crippen MR) is 113 cm³/mol. The Bertz CT molecular complexity index is 1190. The molecule has 0 unspecified atom stereocenters. The largest absolute Gasteiger partial charge is 0.439 e. The van der Waals surface area contributed by atoms with Crippen LogP contribution in [-0.4, -0.2) is 15.9 Å². The number of carbonyl (C=O) groups is 1. The quantitative estimate of drug-likeness (QED) is 0.472. The standard InChI is InChI=1S/C24H18FN3O2/c1-16-4-2-7-20(14-16)27-24(29)17-8-10-21(11-9-17)30-22-12-13-26-23(28-22)18-5-3-6-19(25)15-18/h2-15H,1H3,(H,27,29). The van der Waals surface area contributed by atoms with Crippen LogP contribution in [0.2, 0.25) is 0 Å². The van der Waals surface area contributed by atoms with Gasteiger partial charge in [-0.3, -0.25) is 4.79 Å². The van der Waals surface area contributed by atoms with Crippen molar-refractivity contribution in [3.05, 3.63) is 102 Å². The topological polar surface area (TPSA) is 64.1 Å². The maximum atomic E-state index is 13.4. The minimum Gasteiger partial charge on any atom is -0.439 e. The van der Waals surface area contributed by atoms with Crippen LogP contribution in [0.5, 0.6) is 11.6 Å². The van der Waals surface area contributed by atoms with Gasteiger partial charge in [0, 0.05) is 29.1 Å². The molecule has 1 heterocycles. The number of rotatable bonds is 5. The molecular weight excluding hydrogens is 381 g/mol. The van der Waals surface area contributed by atoms with Gasteiger partial charge in [-0.15, -0.1) is 0 Å². The lowest BCUT2D eigenvalue weighted by Crippen LogP contribution is -2.11. The molecular formula is C24H18FN3O2. The second-order valence-corrected chi connectivity index (χ2v) is 6.68. The van der Waals surface area contributed by atoms with Crippen molar-refractivity contribution in [2.75, 3.05) is 5.32 Å². The number of hydrogen-bond acceptors (Lipinski definition) is 4. The minimum atomic E-state index is -0.359. The van der Waals surface area contributed by atoms with Crippen molar-refractivity contribution in [2.45, 2.75) is 6.92 Å². The molecule has 1 aromatic heterocycles. The van der Waals surface area contributed by atoms with Gasteiger partial charge in [0.05, 0.1) is 0 Å². The van der Waals surface area contributed by atoms with Crippen LogP contribution in [0.25, 0.3) is 11.4 Å². The van der Waals surface area contributed by atoms with Gasteiger partial charge in [-0.05, 0) is 61.0 Å². The summed E-state index contributed by atoms with van der Waals surface area (Å²) in [6.45, 7) is 1.97. The van der Waals surface area contributed by atoms with Crippen molar-refractivity contribution < 1.29 is 13.9 Å². The van der Waals surface area contributed by atoms with Crippen LogP contribution < -0.4 is 10.1 Å². The molecule has 1 N–H and O–H groups in total. The first-order chi connectivity index (χ1) is 14.6. The zero-order chi connectivity index (χ0) is 20.9. The van der Waals surface area contributed by atoms with Crippen molar-refractivity contribution in [3.8, 4) is 23.0 Å². The van der Waals surface area contributed by atoms with E-state index in [0.717, 1.165) is 11.3 Å². The highest BCUT2D eigenvalue weighted by Gasteiger charge is 2.09. The van der Waals surface area contributed by atoms with Crippen LogP contribution in [-0.2, 0) is 0 Å². The Labute approximate surface area is 173 Å². The van der Waals surface area contributed by atoms with E-state index in [1.807, 2.05) is 31.2 Å². The van der Waals surface area contributed by atoms with Gasteiger partial charge in [-0.1, -0.05) is 24.3 Å². The molecule has 0 atom stereocenters. The van der Waals surface area contributed by atoms with E-state index in [9.17, 15) is 9.18 Å². The molecule has 0 aliphatic heterocycles. The Morgan fingerprint density at radius 1 is 0.967 bits per heavy atom. The Kier molecular flexibility index (Phi) is 5.48. The minimum absolute atomic E-state index is 0.206. The predicted octanol–water partition coefficient (Wildman–Crippen LogP) is 5.64. The summed E-state index contributed by atoms with van der Waals surface area (Å²) in [5, 5.41) is 2.87. The van der Waals surface area contributed by atoms with Crippen molar-refractivity contribution >= 4 is 11.6 Å². The number of ether oxygens (including phenoxy) is 1. The summed E-state index contributed by atoms with van der Waals surface area (Å²) in [5.74, 6) is 0.637. The number of hydrogen-bond donors (Lipinski definition) is 1. The number of nitrogens with one attached hydrogen (secondary N) is 1.